The van der Waals surface area contributed by atoms with Crippen LogP contribution in [-0.2, 0) is 9.53 Å². The number of hydrogen-bond donors (Lipinski definition) is 2. The van der Waals surface area contributed by atoms with Gasteiger partial charge in [-0.3, -0.25) is 0 Å². The zero-order chi connectivity index (χ0) is 15.1. The number of rotatable bonds is 8. The SMILES string of the molecule is COC(=O)c1csc([C@H](O)C[C@@H](N[B]C=O)C(C)C)n1. The van der Waals surface area contributed by atoms with Gasteiger partial charge < -0.3 is 19.9 Å². The topological polar surface area (TPSA) is 88.5 Å². The molecule has 0 aliphatic heterocycles. The van der Waals surface area contributed by atoms with Crippen molar-refractivity contribution in [1.29, 1.82) is 0 Å². The van der Waals surface area contributed by atoms with Gasteiger partial charge in [-0.05, 0) is 12.3 Å². The number of methoxy groups -OCH3 is 1. The Balaban J connectivity index is 2.68. The number of thiazole rings is 1. The van der Waals surface area contributed by atoms with E-state index in [2.05, 4.69) is 14.9 Å². The number of hydrogen-bond acceptors (Lipinski definition) is 7. The molecule has 109 valence electrons. The second kappa shape index (κ2) is 8.13. The lowest BCUT2D eigenvalue weighted by Crippen LogP contribution is -2.38. The molecule has 0 bridgehead atoms. The first-order valence-corrected chi connectivity index (χ1v) is 7.12. The highest BCUT2D eigenvalue weighted by molar-refractivity contribution is 7.09. The first-order valence-electron chi connectivity index (χ1n) is 6.24. The summed E-state index contributed by atoms with van der Waals surface area (Å²) >= 11 is 1.21. The Morgan fingerprint density at radius 2 is 2.35 bits per heavy atom. The van der Waals surface area contributed by atoms with Gasteiger partial charge in [0.1, 0.15) is 11.1 Å². The molecular formula is C12H18BN2O4S. The van der Waals surface area contributed by atoms with Crippen LogP contribution in [0.25, 0.3) is 0 Å². The summed E-state index contributed by atoms with van der Waals surface area (Å²) in [5.74, 6) is -0.284. The van der Waals surface area contributed by atoms with Gasteiger partial charge in [-0.25, -0.2) is 9.78 Å². The number of carbonyl (C=O) groups excluding carboxylic acids is 2. The summed E-state index contributed by atoms with van der Waals surface area (Å²) < 4.78 is 4.57. The average molecular weight is 297 g/mol. The smallest absolute Gasteiger partial charge is 0.357 e. The van der Waals surface area contributed by atoms with Crippen molar-refractivity contribution < 1.29 is 19.4 Å². The molecule has 1 aromatic rings. The fraction of sp³-hybridized carbons (Fsp3) is 0.583. The van der Waals surface area contributed by atoms with Gasteiger partial charge in [-0.15, -0.1) is 11.3 Å². The minimum absolute atomic E-state index is 0.0549. The first kappa shape index (κ1) is 16.8. The number of nitrogens with zero attached hydrogens (tertiary/aromatic N) is 1. The lowest BCUT2D eigenvalue weighted by atomic mass is 9.89. The molecule has 0 aromatic carbocycles. The van der Waals surface area contributed by atoms with Crippen molar-refractivity contribution in [1.82, 2.24) is 10.2 Å². The molecule has 2 N–H and O–H groups in total. The molecule has 1 rings (SSSR count). The van der Waals surface area contributed by atoms with E-state index in [1.165, 1.54) is 25.9 Å². The summed E-state index contributed by atoms with van der Waals surface area (Å²) in [5.41, 5.74) is 0.195. The molecule has 0 aliphatic carbocycles. The molecule has 0 spiro atoms. The van der Waals surface area contributed by atoms with Crippen molar-refractivity contribution in [2.45, 2.75) is 32.4 Å². The van der Waals surface area contributed by atoms with Crippen molar-refractivity contribution in [3.05, 3.63) is 16.1 Å². The molecule has 1 aromatic heterocycles. The van der Waals surface area contributed by atoms with E-state index in [4.69, 9.17) is 0 Å². The highest BCUT2D eigenvalue weighted by atomic mass is 32.1. The third-order valence-electron chi connectivity index (χ3n) is 2.86. The minimum Gasteiger partial charge on any atom is -0.464 e. The molecule has 20 heavy (non-hydrogen) atoms. The lowest BCUT2D eigenvalue weighted by molar-refractivity contribution is 0.0594. The number of esters is 1. The number of aromatic nitrogens is 1. The second-order valence-corrected chi connectivity index (χ2v) is 5.52. The Morgan fingerprint density at radius 1 is 1.65 bits per heavy atom. The Hall–Kier alpha value is -1.25. The van der Waals surface area contributed by atoms with Crippen LogP contribution in [0.1, 0.15) is 41.9 Å². The quantitative estimate of drug-likeness (QED) is 0.419. The van der Waals surface area contributed by atoms with Crippen molar-refractivity contribution >= 4 is 30.9 Å². The van der Waals surface area contributed by atoms with E-state index in [1.54, 1.807) is 5.38 Å². The number of ether oxygens (including phenoxy) is 1. The van der Waals surface area contributed by atoms with Crippen molar-refractivity contribution in [3.63, 3.8) is 0 Å². The molecule has 0 amide bonds. The van der Waals surface area contributed by atoms with Gasteiger partial charge in [0, 0.05) is 11.4 Å². The van der Waals surface area contributed by atoms with Gasteiger partial charge in [0.25, 0.3) is 7.41 Å². The van der Waals surface area contributed by atoms with E-state index in [1.807, 2.05) is 13.8 Å². The first-order chi connectivity index (χ1) is 9.49. The number of aliphatic hydroxyl groups excluding tert-OH is 1. The zero-order valence-electron chi connectivity index (χ0n) is 11.7. The van der Waals surface area contributed by atoms with E-state index < -0.39 is 12.1 Å². The van der Waals surface area contributed by atoms with E-state index in [0.29, 0.717) is 17.6 Å². The summed E-state index contributed by atoms with van der Waals surface area (Å²) in [6, 6.07) is -0.0549. The summed E-state index contributed by atoms with van der Waals surface area (Å²) in [4.78, 5) is 25.7. The predicted octanol–water partition coefficient (Wildman–Crippen LogP) is 0.777. The van der Waals surface area contributed by atoms with Crippen LogP contribution in [0.3, 0.4) is 0 Å². The molecule has 0 aliphatic rings. The third-order valence-corrected chi connectivity index (χ3v) is 3.81. The predicted molar refractivity (Wildman–Crippen MR) is 77.3 cm³/mol. The largest absolute Gasteiger partial charge is 0.464 e. The van der Waals surface area contributed by atoms with Crippen LogP contribution in [0.4, 0.5) is 0 Å². The van der Waals surface area contributed by atoms with Gasteiger partial charge in [0.05, 0.1) is 13.3 Å². The molecule has 8 heteroatoms. The maximum atomic E-state index is 11.3. The van der Waals surface area contributed by atoms with Gasteiger partial charge in [0.15, 0.2) is 5.69 Å². The van der Waals surface area contributed by atoms with E-state index in [-0.39, 0.29) is 17.7 Å². The maximum absolute atomic E-state index is 11.3. The highest BCUT2D eigenvalue weighted by Gasteiger charge is 2.22. The molecule has 1 radical (unpaired) electrons. The molecule has 2 atom stereocenters. The minimum atomic E-state index is -0.793. The Labute approximate surface area is 122 Å². The lowest BCUT2D eigenvalue weighted by Gasteiger charge is -2.23. The van der Waals surface area contributed by atoms with Crippen LogP contribution >= 0.6 is 11.3 Å². The summed E-state index contributed by atoms with van der Waals surface area (Å²) in [6.07, 6.45) is 0.273. The van der Waals surface area contributed by atoms with Crippen LogP contribution in [0.15, 0.2) is 5.38 Å². The fourth-order valence-corrected chi connectivity index (χ4v) is 2.46. The van der Waals surface area contributed by atoms with Gasteiger partial charge >= 0.3 is 5.97 Å². The normalized spacial score (nSPS) is 13.8. The van der Waals surface area contributed by atoms with Gasteiger partial charge in [-0.1, -0.05) is 13.8 Å². The third kappa shape index (κ3) is 4.70. The Bertz CT molecular complexity index is 452. The van der Waals surface area contributed by atoms with Crippen LogP contribution in [0, 0.1) is 5.92 Å². The second-order valence-electron chi connectivity index (χ2n) is 4.63. The van der Waals surface area contributed by atoms with Crippen LogP contribution < -0.4 is 5.23 Å². The van der Waals surface area contributed by atoms with Crippen LogP contribution in [0.5, 0.6) is 0 Å². The monoisotopic (exact) mass is 297 g/mol. The number of carbonyl (C=O) groups is 2. The molecule has 0 saturated carbocycles. The standard InChI is InChI=1S/C12H18BN2O4S/c1-7(2)8(15-13-6-16)4-10(17)11-14-9(5-20-11)12(18)19-3/h5-8,10,15,17H,4H2,1-3H3/t8-,10-/m1/s1. The number of nitrogens with one attached hydrogen (secondary N) is 1. The van der Waals surface area contributed by atoms with Crippen molar-refractivity contribution in [2.75, 3.05) is 7.11 Å². The van der Waals surface area contributed by atoms with Gasteiger partial charge in [-0.2, -0.15) is 0 Å². The summed E-state index contributed by atoms with van der Waals surface area (Å²) in [6.45, 7) is 3.98. The average Bonchev–Trinajstić information content (AvgIpc) is 2.91. The van der Waals surface area contributed by atoms with E-state index in [0.717, 1.165) is 0 Å². The van der Waals surface area contributed by atoms with Crippen LogP contribution in [-0.4, -0.2) is 42.8 Å². The maximum Gasteiger partial charge on any atom is 0.357 e. The van der Waals surface area contributed by atoms with Crippen LogP contribution in [0.2, 0.25) is 0 Å². The van der Waals surface area contributed by atoms with Crippen molar-refractivity contribution in [3.8, 4) is 0 Å². The van der Waals surface area contributed by atoms with E-state index >= 15 is 0 Å². The number of aliphatic hydroxyl groups is 1. The van der Waals surface area contributed by atoms with Crippen molar-refractivity contribution in [2.24, 2.45) is 5.92 Å². The molecule has 6 nitrogen and oxygen atoms in total. The summed E-state index contributed by atoms with van der Waals surface area (Å²) in [5, 5.41) is 15.1. The Kier molecular flexibility index (Phi) is 6.84. The Morgan fingerprint density at radius 3 is 2.90 bits per heavy atom. The molecule has 1 heterocycles. The molecule has 0 saturated heterocycles. The highest BCUT2D eigenvalue weighted by Crippen LogP contribution is 2.24. The molecule has 0 fully saturated rings. The van der Waals surface area contributed by atoms with E-state index in [9.17, 15) is 14.7 Å². The zero-order valence-corrected chi connectivity index (χ0v) is 12.5. The van der Waals surface area contributed by atoms with Gasteiger partial charge in [0.2, 0.25) is 0 Å². The fourth-order valence-electron chi connectivity index (χ4n) is 1.68. The molecular weight excluding hydrogens is 279 g/mol. The molecule has 0 unspecified atom stereocenters. The summed E-state index contributed by atoms with van der Waals surface area (Å²) in [7, 11) is 2.60.